The Kier molecular flexibility index (Phi) is 3.99. The molecule has 0 spiro atoms. The average molecular weight is 326 g/mol. The quantitative estimate of drug-likeness (QED) is 0.875. The van der Waals surface area contributed by atoms with Crippen LogP contribution < -0.4 is 0 Å². The number of imidazole rings is 1. The van der Waals surface area contributed by atoms with Gasteiger partial charge in [0, 0.05) is 19.3 Å². The maximum atomic E-state index is 12.8. The monoisotopic (exact) mass is 326 g/mol. The number of rotatable bonds is 1. The molecule has 1 saturated heterocycles. The summed E-state index contributed by atoms with van der Waals surface area (Å²) in [5, 5.41) is 0. The number of hydrogen-bond donors (Lipinski definition) is 1. The van der Waals surface area contributed by atoms with Gasteiger partial charge in [-0.1, -0.05) is 6.92 Å². The van der Waals surface area contributed by atoms with Crippen LogP contribution in [0, 0.1) is 5.92 Å². The highest BCUT2D eigenvalue weighted by molar-refractivity contribution is 6.04. The number of carbonyl (C=O) groups excluding carboxylic acids is 1. The van der Waals surface area contributed by atoms with Crippen LogP contribution in [0.2, 0.25) is 0 Å². The summed E-state index contributed by atoms with van der Waals surface area (Å²) in [6.45, 7) is 3.35. The van der Waals surface area contributed by atoms with E-state index in [1.54, 1.807) is 4.90 Å². The van der Waals surface area contributed by atoms with Crippen LogP contribution in [0.15, 0.2) is 12.4 Å². The summed E-state index contributed by atoms with van der Waals surface area (Å²) in [6.07, 6.45) is 0.789. The lowest BCUT2D eigenvalue weighted by atomic mass is 10.0. The van der Waals surface area contributed by atoms with Crippen molar-refractivity contribution in [3.8, 4) is 0 Å². The molecule has 1 aliphatic heterocycles. The Morgan fingerprint density at radius 2 is 2.09 bits per heavy atom. The van der Waals surface area contributed by atoms with E-state index in [0.717, 1.165) is 19.3 Å². The van der Waals surface area contributed by atoms with Crippen LogP contribution in [0.5, 0.6) is 0 Å². The number of nitrogens with one attached hydrogen (secondary N) is 1. The molecule has 2 aromatic heterocycles. The molecule has 23 heavy (non-hydrogen) atoms. The number of nitrogens with zero attached hydrogens (tertiary/aromatic N) is 3. The number of carbonyl (C=O) groups is 1. The first-order valence-electron chi connectivity index (χ1n) is 7.56. The number of likely N-dealkylation sites (tertiary alicyclic amines) is 1. The van der Waals surface area contributed by atoms with E-state index in [1.807, 2.05) is 0 Å². The molecular formula is C15H17F3N4O. The maximum Gasteiger partial charge on any atom is 0.449 e. The number of aromatic amines is 1. The molecule has 1 aliphatic rings. The number of alkyl halides is 3. The van der Waals surface area contributed by atoms with Crippen molar-refractivity contribution in [3.05, 3.63) is 23.8 Å². The first kappa shape index (κ1) is 15.8. The van der Waals surface area contributed by atoms with E-state index in [9.17, 15) is 18.0 Å². The summed E-state index contributed by atoms with van der Waals surface area (Å²) in [5.41, 5.74) is 0.254. The zero-order valence-corrected chi connectivity index (χ0v) is 12.7. The maximum absolute atomic E-state index is 12.8. The molecule has 0 radical (unpaired) electrons. The van der Waals surface area contributed by atoms with Gasteiger partial charge in [0.1, 0.15) is 5.52 Å². The molecule has 1 atom stereocenters. The van der Waals surface area contributed by atoms with E-state index >= 15 is 0 Å². The second-order valence-electron chi connectivity index (χ2n) is 5.99. The molecule has 1 fully saturated rings. The molecule has 0 aromatic carbocycles. The molecule has 5 nitrogen and oxygen atoms in total. The van der Waals surface area contributed by atoms with Crippen LogP contribution in [0.25, 0.3) is 11.0 Å². The summed E-state index contributed by atoms with van der Waals surface area (Å²) in [6, 6.07) is 0. The Morgan fingerprint density at radius 1 is 1.30 bits per heavy atom. The summed E-state index contributed by atoms with van der Waals surface area (Å²) in [7, 11) is 0. The van der Waals surface area contributed by atoms with Crippen molar-refractivity contribution in [1.29, 1.82) is 0 Å². The van der Waals surface area contributed by atoms with E-state index in [4.69, 9.17) is 0 Å². The topological polar surface area (TPSA) is 61.9 Å². The SMILES string of the molecule is CC1CCCN(C(=O)c2cncc3[nH]c(C(F)(F)F)nc23)CC1. The molecule has 0 saturated carbocycles. The molecule has 3 rings (SSSR count). The molecule has 2 aromatic rings. The lowest BCUT2D eigenvalue weighted by molar-refractivity contribution is -0.144. The summed E-state index contributed by atoms with van der Waals surface area (Å²) < 4.78 is 38.4. The molecule has 3 heterocycles. The van der Waals surface area contributed by atoms with Gasteiger partial charge in [-0.3, -0.25) is 9.78 Å². The van der Waals surface area contributed by atoms with Gasteiger partial charge in [-0.25, -0.2) is 4.98 Å². The lowest BCUT2D eigenvalue weighted by Gasteiger charge is -2.20. The minimum Gasteiger partial charge on any atom is -0.339 e. The summed E-state index contributed by atoms with van der Waals surface area (Å²) in [5.74, 6) is -0.875. The fraction of sp³-hybridized carbons (Fsp3) is 0.533. The van der Waals surface area contributed by atoms with Gasteiger partial charge in [0.05, 0.1) is 17.3 Å². The third-order valence-electron chi connectivity index (χ3n) is 4.20. The predicted molar refractivity (Wildman–Crippen MR) is 77.8 cm³/mol. The van der Waals surface area contributed by atoms with Gasteiger partial charge in [-0.05, 0) is 25.2 Å². The van der Waals surface area contributed by atoms with Crippen LogP contribution >= 0.6 is 0 Å². The van der Waals surface area contributed by atoms with Crippen molar-refractivity contribution in [2.45, 2.75) is 32.4 Å². The second-order valence-corrected chi connectivity index (χ2v) is 5.99. The molecule has 8 heteroatoms. The molecule has 0 aliphatic carbocycles. The van der Waals surface area contributed by atoms with E-state index < -0.39 is 12.0 Å². The Balaban J connectivity index is 1.95. The number of halogens is 3. The largest absolute Gasteiger partial charge is 0.449 e. The first-order chi connectivity index (χ1) is 10.9. The highest BCUT2D eigenvalue weighted by Crippen LogP contribution is 2.29. The van der Waals surface area contributed by atoms with Crippen LogP contribution in [-0.2, 0) is 6.18 Å². The van der Waals surface area contributed by atoms with Crippen molar-refractivity contribution < 1.29 is 18.0 Å². The summed E-state index contributed by atoms with van der Waals surface area (Å²) >= 11 is 0. The second kappa shape index (κ2) is 5.82. The van der Waals surface area contributed by atoms with Gasteiger partial charge in [0.25, 0.3) is 5.91 Å². The minimum atomic E-state index is -4.59. The minimum absolute atomic E-state index is 0.0228. The van der Waals surface area contributed by atoms with Crippen molar-refractivity contribution in [3.63, 3.8) is 0 Å². The molecule has 1 unspecified atom stereocenters. The molecule has 1 amide bonds. The fourth-order valence-corrected chi connectivity index (χ4v) is 2.86. The Morgan fingerprint density at radius 3 is 2.83 bits per heavy atom. The predicted octanol–water partition coefficient (Wildman–Crippen LogP) is 3.24. The van der Waals surface area contributed by atoms with Crippen molar-refractivity contribution in [1.82, 2.24) is 19.9 Å². The van der Waals surface area contributed by atoms with Gasteiger partial charge in [-0.15, -0.1) is 0 Å². The molecule has 124 valence electrons. The Bertz CT molecular complexity index is 725. The highest BCUT2D eigenvalue weighted by Gasteiger charge is 2.35. The third kappa shape index (κ3) is 3.16. The van der Waals surface area contributed by atoms with Crippen LogP contribution in [0.3, 0.4) is 0 Å². The molecule has 0 bridgehead atoms. The van der Waals surface area contributed by atoms with Gasteiger partial charge >= 0.3 is 6.18 Å². The van der Waals surface area contributed by atoms with Crippen molar-refractivity contribution >= 4 is 16.9 Å². The number of hydrogen-bond acceptors (Lipinski definition) is 3. The van der Waals surface area contributed by atoms with Crippen molar-refractivity contribution in [2.75, 3.05) is 13.1 Å². The highest BCUT2D eigenvalue weighted by atomic mass is 19.4. The molecule has 1 N–H and O–H groups in total. The van der Waals surface area contributed by atoms with Gasteiger partial charge in [-0.2, -0.15) is 13.2 Å². The average Bonchev–Trinajstić information content (AvgIpc) is 2.83. The smallest absolute Gasteiger partial charge is 0.339 e. The van der Waals surface area contributed by atoms with Gasteiger partial charge in [0.2, 0.25) is 5.82 Å². The standard InChI is InChI=1S/C15H17F3N4O/c1-9-3-2-5-22(6-4-9)13(23)10-7-19-8-11-12(10)21-14(20-11)15(16,17)18/h7-9H,2-6H2,1H3,(H,20,21). The Labute approximate surface area is 130 Å². The van der Waals surface area contributed by atoms with Gasteiger partial charge < -0.3 is 9.88 Å². The number of amides is 1. The zero-order chi connectivity index (χ0) is 16.6. The van der Waals surface area contributed by atoms with Crippen LogP contribution in [-0.4, -0.2) is 38.8 Å². The Hall–Kier alpha value is -2.12. The number of pyridine rings is 1. The van der Waals surface area contributed by atoms with Crippen molar-refractivity contribution in [2.24, 2.45) is 5.92 Å². The van der Waals surface area contributed by atoms with Gasteiger partial charge in [0.15, 0.2) is 0 Å². The van der Waals surface area contributed by atoms with Crippen LogP contribution in [0.1, 0.15) is 42.4 Å². The number of aromatic nitrogens is 3. The number of H-pyrrole nitrogens is 1. The van der Waals surface area contributed by atoms with E-state index in [1.165, 1.54) is 12.4 Å². The lowest BCUT2D eigenvalue weighted by Crippen LogP contribution is -2.32. The molecular weight excluding hydrogens is 309 g/mol. The van der Waals surface area contributed by atoms with E-state index in [-0.39, 0.29) is 22.5 Å². The summed E-state index contributed by atoms with van der Waals surface area (Å²) in [4.78, 5) is 24.0. The first-order valence-corrected chi connectivity index (χ1v) is 7.56. The number of fused-ring (bicyclic) bond motifs is 1. The van der Waals surface area contributed by atoms with E-state index in [0.29, 0.717) is 19.0 Å². The fourth-order valence-electron chi connectivity index (χ4n) is 2.86. The third-order valence-corrected chi connectivity index (χ3v) is 4.20. The van der Waals surface area contributed by atoms with E-state index in [2.05, 4.69) is 21.9 Å². The zero-order valence-electron chi connectivity index (χ0n) is 12.7. The normalized spacial score (nSPS) is 19.8. The van der Waals surface area contributed by atoms with Crippen LogP contribution in [0.4, 0.5) is 13.2 Å².